The van der Waals surface area contributed by atoms with Crippen LogP contribution in [0.5, 0.6) is 0 Å². The molecular formula is C21H28FN7O2. The highest BCUT2D eigenvalue weighted by Crippen LogP contribution is 2.22. The van der Waals surface area contributed by atoms with Crippen LogP contribution >= 0.6 is 0 Å². The first-order chi connectivity index (χ1) is 15.0. The second-order valence-electron chi connectivity index (χ2n) is 7.28. The van der Waals surface area contributed by atoms with Crippen molar-refractivity contribution < 1.29 is 9.18 Å². The van der Waals surface area contributed by atoms with Gasteiger partial charge in [-0.25, -0.2) is 9.37 Å². The lowest BCUT2D eigenvalue weighted by Gasteiger charge is -2.09. The largest absolute Gasteiger partial charge is 0.373 e. The van der Waals surface area contributed by atoms with Crippen LogP contribution in [0, 0.1) is 0 Å². The summed E-state index contributed by atoms with van der Waals surface area (Å²) < 4.78 is 12.6. The first kappa shape index (κ1) is 22.3. The van der Waals surface area contributed by atoms with Crippen molar-refractivity contribution in [1.29, 1.82) is 0 Å². The van der Waals surface area contributed by atoms with Gasteiger partial charge in [0.25, 0.3) is 11.5 Å². The predicted molar refractivity (Wildman–Crippen MR) is 119 cm³/mol. The number of halogens is 1. The fourth-order valence-electron chi connectivity index (χ4n) is 2.47. The SMILES string of the molecule is C1CCC1.CNC(=O)c1cnn2c(NC)cc(Nc3ccc[nH]c3=O)nc12.FC1CC1. The van der Waals surface area contributed by atoms with E-state index in [1.54, 1.807) is 31.4 Å². The van der Waals surface area contributed by atoms with Crippen LogP contribution in [-0.4, -0.2) is 45.8 Å². The molecule has 0 aliphatic heterocycles. The average Bonchev–Trinajstić information content (AvgIpc) is 3.39. The standard InChI is InChI=1S/C14H15N7O2.C4H8.C3H5F/c1-15-11-6-10(19-9-4-3-5-17-14(9)23)20-12-8(13(22)16-2)7-18-21(11)12;1-2-4-3-1;4-3-1-2-3/h3-7,15H,1-2H3,(H,16,22)(H,17,23)(H,19,20);1-4H2;3H,1-2H2. The lowest BCUT2D eigenvalue weighted by molar-refractivity contribution is 0.0964. The third kappa shape index (κ3) is 6.03. The first-order valence-corrected chi connectivity index (χ1v) is 10.4. The highest BCUT2D eigenvalue weighted by molar-refractivity contribution is 5.99. The minimum atomic E-state index is -0.417. The van der Waals surface area contributed by atoms with Crippen LogP contribution in [0.4, 0.5) is 21.7 Å². The molecule has 1 amide bonds. The number of amides is 1. The van der Waals surface area contributed by atoms with Crippen LogP contribution in [-0.2, 0) is 0 Å². The van der Waals surface area contributed by atoms with Gasteiger partial charge >= 0.3 is 0 Å². The number of hydrogen-bond donors (Lipinski definition) is 4. The van der Waals surface area contributed by atoms with Gasteiger partial charge < -0.3 is 20.9 Å². The van der Waals surface area contributed by atoms with E-state index in [-0.39, 0.29) is 11.5 Å². The van der Waals surface area contributed by atoms with E-state index in [0.717, 1.165) is 12.8 Å². The molecule has 3 heterocycles. The molecule has 0 bridgehead atoms. The van der Waals surface area contributed by atoms with Crippen LogP contribution < -0.4 is 21.5 Å². The Bertz CT molecular complexity index is 1070. The monoisotopic (exact) mass is 429 g/mol. The molecule has 0 atom stereocenters. The molecule has 0 spiro atoms. The molecule has 4 N–H and O–H groups in total. The second kappa shape index (κ2) is 10.6. The quantitative estimate of drug-likeness (QED) is 0.506. The minimum absolute atomic E-state index is 0.264. The number of anilines is 3. The molecule has 5 rings (SSSR count). The topological polar surface area (TPSA) is 116 Å². The number of aromatic nitrogens is 4. The van der Waals surface area contributed by atoms with Crippen molar-refractivity contribution in [3.05, 3.63) is 46.5 Å². The summed E-state index contributed by atoms with van der Waals surface area (Å²) in [6, 6.07) is 5.04. The molecule has 2 aliphatic carbocycles. The van der Waals surface area contributed by atoms with E-state index in [4.69, 9.17) is 0 Å². The van der Waals surface area contributed by atoms with Gasteiger partial charge in [-0.2, -0.15) is 9.61 Å². The molecule has 2 saturated carbocycles. The Balaban J connectivity index is 0.000000282. The van der Waals surface area contributed by atoms with Crippen LogP contribution in [0.15, 0.2) is 35.4 Å². The molecule has 3 aromatic heterocycles. The van der Waals surface area contributed by atoms with Crippen LogP contribution in [0.1, 0.15) is 48.9 Å². The molecule has 0 unspecified atom stereocenters. The average molecular weight is 430 g/mol. The number of carbonyl (C=O) groups is 1. The van der Waals surface area contributed by atoms with Crippen molar-refractivity contribution >= 4 is 28.9 Å². The summed E-state index contributed by atoms with van der Waals surface area (Å²) in [7, 11) is 3.27. The van der Waals surface area contributed by atoms with Gasteiger partial charge in [0.2, 0.25) is 0 Å². The van der Waals surface area contributed by atoms with Gasteiger partial charge in [0, 0.05) is 26.4 Å². The Morgan fingerprint density at radius 2 is 1.90 bits per heavy atom. The molecule has 166 valence electrons. The van der Waals surface area contributed by atoms with Crippen molar-refractivity contribution in [2.45, 2.75) is 44.7 Å². The Hall–Kier alpha value is -3.43. The summed E-state index contributed by atoms with van der Waals surface area (Å²) in [5, 5.41) is 12.6. The molecule has 0 radical (unpaired) electrons. The van der Waals surface area contributed by atoms with Crippen LogP contribution in [0.3, 0.4) is 0 Å². The number of fused-ring (bicyclic) bond motifs is 1. The zero-order valence-electron chi connectivity index (χ0n) is 17.7. The van der Waals surface area contributed by atoms with Crippen LogP contribution in [0.25, 0.3) is 5.65 Å². The van der Waals surface area contributed by atoms with Crippen LogP contribution in [0.2, 0.25) is 0 Å². The number of aromatic amines is 1. The number of pyridine rings is 1. The molecule has 0 aromatic carbocycles. The molecule has 2 fully saturated rings. The normalized spacial score (nSPS) is 14.3. The van der Waals surface area contributed by atoms with Gasteiger partial charge in [0.15, 0.2) is 5.65 Å². The Kier molecular flexibility index (Phi) is 7.58. The highest BCUT2D eigenvalue weighted by atomic mass is 19.1. The molecule has 31 heavy (non-hydrogen) atoms. The van der Waals surface area contributed by atoms with E-state index in [2.05, 4.69) is 31.0 Å². The third-order valence-electron chi connectivity index (χ3n) is 4.79. The number of H-pyrrole nitrogens is 1. The maximum Gasteiger partial charge on any atom is 0.271 e. The lowest BCUT2D eigenvalue weighted by atomic mass is 10.0. The zero-order chi connectivity index (χ0) is 22.2. The van der Waals surface area contributed by atoms with Gasteiger partial charge in [-0.1, -0.05) is 25.7 Å². The van der Waals surface area contributed by atoms with E-state index < -0.39 is 6.17 Å². The van der Waals surface area contributed by atoms with E-state index in [1.165, 1.54) is 43.4 Å². The van der Waals surface area contributed by atoms with Crippen molar-refractivity contribution in [2.24, 2.45) is 0 Å². The van der Waals surface area contributed by atoms with Crippen molar-refractivity contribution in [2.75, 3.05) is 24.7 Å². The fraction of sp³-hybridized carbons (Fsp3) is 0.429. The van der Waals surface area contributed by atoms with Gasteiger partial charge in [0.1, 0.15) is 29.1 Å². The van der Waals surface area contributed by atoms with Gasteiger partial charge in [-0.05, 0) is 25.0 Å². The number of nitrogens with zero attached hydrogens (tertiary/aromatic N) is 3. The van der Waals surface area contributed by atoms with Gasteiger partial charge in [0.05, 0.1) is 6.20 Å². The smallest absolute Gasteiger partial charge is 0.271 e. The Morgan fingerprint density at radius 1 is 1.23 bits per heavy atom. The minimum Gasteiger partial charge on any atom is -0.373 e. The zero-order valence-corrected chi connectivity index (χ0v) is 17.7. The summed E-state index contributed by atoms with van der Waals surface area (Å²) in [5.74, 6) is 0.758. The number of alkyl halides is 1. The van der Waals surface area contributed by atoms with Gasteiger partial charge in [-0.3, -0.25) is 9.59 Å². The summed E-state index contributed by atoms with van der Waals surface area (Å²) in [6.45, 7) is 0. The third-order valence-corrected chi connectivity index (χ3v) is 4.79. The molecule has 9 nitrogen and oxygen atoms in total. The molecule has 10 heteroatoms. The molecule has 2 aliphatic rings. The summed E-state index contributed by atoms with van der Waals surface area (Å²) in [6.07, 6.45) is 10.2. The summed E-state index contributed by atoms with van der Waals surface area (Å²) in [4.78, 5) is 30.6. The highest BCUT2D eigenvalue weighted by Gasteiger charge is 2.18. The number of nitrogens with one attached hydrogen (secondary N) is 4. The summed E-state index contributed by atoms with van der Waals surface area (Å²) in [5.41, 5.74) is 0.813. The number of rotatable bonds is 4. The van der Waals surface area contributed by atoms with E-state index in [0.29, 0.717) is 28.5 Å². The lowest BCUT2D eigenvalue weighted by Crippen LogP contribution is -2.18. The molecule has 0 saturated heterocycles. The number of carbonyl (C=O) groups excluding carboxylic acids is 1. The molecular weight excluding hydrogens is 401 g/mol. The molecule has 3 aromatic rings. The second-order valence-corrected chi connectivity index (χ2v) is 7.28. The Labute approximate surface area is 179 Å². The van der Waals surface area contributed by atoms with Crippen molar-refractivity contribution in [3.63, 3.8) is 0 Å². The van der Waals surface area contributed by atoms with E-state index in [1.807, 2.05) is 0 Å². The maximum atomic E-state index is 11.9. The number of hydrogen-bond acceptors (Lipinski definition) is 6. The summed E-state index contributed by atoms with van der Waals surface area (Å²) >= 11 is 0. The maximum absolute atomic E-state index is 11.9. The first-order valence-electron chi connectivity index (χ1n) is 10.4. The predicted octanol–water partition coefficient (Wildman–Crippen LogP) is 3.24. The van der Waals surface area contributed by atoms with E-state index in [9.17, 15) is 14.0 Å². The van der Waals surface area contributed by atoms with Crippen molar-refractivity contribution in [3.8, 4) is 0 Å². The van der Waals surface area contributed by atoms with E-state index >= 15 is 0 Å². The van der Waals surface area contributed by atoms with Gasteiger partial charge in [-0.15, -0.1) is 0 Å². The van der Waals surface area contributed by atoms with Crippen molar-refractivity contribution in [1.82, 2.24) is 24.9 Å². The Morgan fingerprint density at radius 3 is 2.42 bits per heavy atom. The fourth-order valence-corrected chi connectivity index (χ4v) is 2.47.